The number of amides is 1. The third-order valence-electron chi connectivity index (χ3n) is 4.94. The van der Waals surface area contributed by atoms with Crippen molar-refractivity contribution in [2.24, 2.45) is 5.73 Å². The summed E-state index contributed by atoms with van der Waals surface area (Å²) in [6.45, 7) is 0.429. The molecule has 0 aromatic heterocycles. The maximum Gasteiger partial charge on any atom is 0.416 e. The third-order valence-corrected chi connectivity index (χ3v) is 6.86. The molecule has 1 saturated carbocycles. The average molecular weight is 422 g/mol. The minimum Gasteiger partial charge on any atom is -0.378 e. The lowest BCUT2D eigenvalue weighted by atomic mass is 9.93. The van der Waals surface area contributed by atoms with Gasteiger partial charge in [0.1, 0.15) is 0 Å². The highest BCUT2D eigenvalue weighted by Crippen LogP contribution is 2.32. The van der Waals surface area contributed by atoms with Gasteiger partial charge in [0.05, 0.1) is 16.6 Å². The molecule has 28 heavy (non-hydrogen) atoms. The summed E-state index contributed by atoms with van der Waals surface area (Å²) in [5.74, 6) is -0.373. The third kappa shape index (κ3) is 5.92. The van der Waals surface area contributed by atoms with Gasteiger partial charge < -0.3 is 10.5 Å². The number of nitrogens with two attached hydrogens (primary N) is 1. The molecule has 158 valence electrons. The molecule has 0 bridgehead atoms. The van der Waals surface area contributed by atoms with Crippen LogP contribution in [0, 0.1) is 0 Å². The number of rotatable bonds is 8. The zero-order valence-electron chi connectivity index (χ0n) is 15.6. The maximum absolute atomic E-state index is 12.7. The fourth-order valence-corrected chi connectivity index (χ4v) is 4.67. The fraction of sp³-hybridized carbons (Fsp3) is 0.611. The van der Waals surface area contributed by atoms with Crippen LogP contribution in [0.1, 0.15) is 44.1 Å². The predicted octanol–water partition coefficient (Wildman–Crippen LogP) is 2.92. The van der Waals surface area contributed by atoms with E-state index in [0.717, 1.165) is 24.3 Å². The Morgan fingerprint density at radius 2 is 1.75 bits per heavy atom. The summed E-state index contributed by atoms with van der Waals surface area (Å²) < 4.78 is 70.3. The van der Waals surface area contributed by atoms with Crippen molar-refractivity contribution in [3.8, 4) is 0 Å². The number of alkyl halides is 3. The topological polar surface area (TPSA) is 89.7 Å². The Bertz CT molecular complexity index is 758. The number of carbonyl (C=O) groups is 1. The number of primary amides is 1. The Hall–Kier alpha value is -1.65. The smallest absolute Gasteiger partial charge is 0.378 e. The largest absolute Gasteiger partial charge is 0.416 e. The molecule has 1 aromatic carbocycles. The van der Waals surface area contributed by atoms with Crippen LogP contribution >= 0.6 is 0 Å². The van der Waals surface area contributed by atoms with E-state index < -0.39 is 21.8 Å². The monoisotopic (exact) mass is 422 g/mol. The fourth-order valence-electron chi connectivity index (χ4n) is 3.25. The van der Waals surface area contributed by atoms with Crippen LogP contribution in [0.3, 0.4) is 0 Å². The molecule has 10 heteroatoms. The van der Waals surface area contributed by atoms with Crippen LogP contribution in [0.5, 0.6) is 0 Å². The van der Waals surface area contributed by atoms with Gasteiger partial charge in [0.2, 0.25) is 15.9 Å². The SMILES string of the molecule is CN(C1CCC(OCCCC(N)=O)CC1)S(=O)(=O)c1ccc(C(F)(F)F)cc1. The number of hydrogen-bond acceptors (Lipinski definition) is 4. The molecule has 2 N–H and O–H groups in total. The lowest BCUT2D eigenvalue weighted by molar-refractivity contribution is -0.137. The Kier molecular flexibility index (Phi) is 7.46. The van der Waals surface area contributed by atoms with E-state index in [1.807, 2.05) is 0 Å². The number of sulfonamides is 1. The summed E-state index contributed by atoms with van der Waals surface area (Å²) in [5.41, 5.74) is 4.18. The van der Waals surface area contributed by atoms with Crippen molar-refractivity contribution in [2.45, 2.75) is 61.7 Å². The lowest BCUT2D eigenvalue weighted by Gasteiger charge is -2.34. The van der Waals surface area contributed by atoms with E-state index in [0.29, 0.717) is 38.7 Å². The van der Waals surface area contributed by atoms with Crippen molar-refractivity contribution < 1.29 is 31.1 Å². The molecule has 0 aliphatic heterocycles. The number of carbonyl (C=O) groups excluding carboxylic acids is 1. The molecule has 1 aromatic rings. The van der Waals surface area contributed by atoms with Crippen LogP contribution in [-0.2, 0) is 25.7 Å². The number of hydrogen-bond donors (Lipinski definition) is 1. The first-order valence-electron chi connectivity index (χ1n) is 9.07. The van der Waals surface area contributed by atoms with Crippen LogP contribution in [0.25, 0.3) is 0 Å². The van der Waals surface area contributed by atoms with Crippen molar-refractivity contribution >= 4 is 15.9 Å². The van der Waals surface area contributed by atoms with E-state index in [1.54, 1.807) is 0 Å². The zero-order valence-corrected chi connectivity index (χ0v) is 16.4. The normalized spacial score (nSPS) is 21.0. The molecule has 0 radical (unpaired) electrons. The highest BCUT2D eigenvalue weighted by atomic mass is 32.2. The molecule has 1 aliphatic carbocycles. The number of benzene rings is 1. The van der Waals surface area contributed by atoms with Crippen molar-refractivity contribution in [3.63, 3.8) is 0 Å². The first-order chi connectivity index (χ1) is 13.0. The van der Waals surface area contributed by atoms with Crippen LogP contribution < -0.4 is 5.73 Å². The summed E-state index contributed by atoms with van der Waals surface area (Å²) in [5, 5.41) is 0. The molecule has 1 fully saturated rings. The van der Waals surface area contributed by atoms with E-state index in [-0.39, 0.29) is 29.4 Å². The second-order valence-corrected chi connectivity index (χ2v) is 8.91. The second-order valence-electron chi connectivity index (χ2n) is 6.91. The quantitative estimate of drug-likeness (QED) is 0.653. The van der Waals surface area contributed by atoms with Gasteiger partial charge in [-0.2, -0.15) is 17.5 Å². The van der Waals surface area contributed by atoms with E-state index >= 15 is 0 Å². The highest BCUT2D eigenvalue weighted by Gasteiger charge is 2.34. The number of ether oxygens (including phenoxy) is 1. The van der Waals surface area contributed by atoms with Crippen molar-refractivity contribution in [1.82, 2.24) is 4.31 Å². The maximum atomic E-state index is 12.7. The van der Waals surface area contributed by atoms with Crippen LogP contribution in [0.4, 0.5) is 13.2 Å². The van der Waals surface area contributed by atoms with Gasteiger partial charge in [-0.15, -0.1) is 0 Å². The van der Waals surface area contributed by atoms with Crippen molar-refractivity contribution in [1.29, 1.82) is 0 Å². The van der Waals surface area contributed by atoms with Gasteiger partial charge in [0.25, 0.3) is 0 Å². The Morgan fingerprint density at radius 3 is 2.25 bits per heavy atom. The lowest BCUT2D eigenvalue weighted by Crippen LogP contribution is -2.40. The minimum absolute atomic E-state index is 0.00583. The Morgan fingerprint density at radius 1 is 1.18 bits per heavy atom. The zero-order chi connectivity index (χ0) is 20.9. The highest BCUT2D eigenvalue weighted by molar-refractivity contribution is 7.89. The molecule has 0 saturated heterocycles. The second kappa shape index (κ2) is 9.23. The van der Waals surface area contributed by atoms with Crippen molar-refractivity contribution in [3.05, 3.63) is 29.8 Å². The first kappa shape index (κ1) is 22.6. The van der Waals surface area contributed by atoms with E-state index in [1.165, 1.54) is 11.4 Å². The summed E-state index contributed by atoms with van der Waals surface area (Å²) in [4.78, 5) is 10.5. The predicted molar refractivity (Wildman–Crippen MR) is 96.8 cm³/mol. The summed E-state index contributed by atoms with van der Waals surface area (Å²) in [6.07, 6.45) is -1.15. The van der Waals surface area contributed by atoms with Gasteiger partial charge in [0.15, 0.2) is 0 Å². The van der Waals surface area contributed by atoms with Gasteiger partial charge >= 0.3 is 6.18 Å². The van der Waals surface area contributed by atoms with Gasteiger partial charge in [0, 0.05) is 26.1 Å². The van der Waals surface area contributed by atoms with Gasteiger partial charge in [-0.25, -0.2) is 8.42 Å². The van der Waals surface area contributed by atoms with E-state index in [9.17, 15) is 26.4 Å². The summed E-state index contributed by atoms with van der Waals surface area (Å²) in [6, 6.07) is 3.29. The van der Waals surface area contributed by atoms with Crippen molar-refractivity contribution in [2.75, 3.05) is 13.7 Å². The van der Waals surface area contributed by atoms with E-state index in [2.05, 4.69) is 0 Å². The van der Waals surface area contributed by atoms with Crippen LogP contribution in [-0.4, -0.2) is 44.4 Å². The summed E-state index contributed by atoms with van der Waals surface area (Å²) >= 11 is 0. The van der Waals surface area contributed by atoms with Crippen LogP contribution in [0.15, 0.2) is 29.2 Å². The molecule has 6 nitrogen and oxygen atoms in total. The standard InChI is InChI=1S/C18H25F3N2O4S/c1-23(14-6-8-15(9-7-14)27-12-2-3-17(22)24)28(25,26)16-10-4-13(5-11-16)18(19,20)21/h4-5,10-11,14-15H,2-3,6-9,12H2,1H3,(H2,22,24). The Labute approximate surface area is 162 Å². The minimum atomic E-state index is -4.51. The molecular weight excluding hydrogens is 397 g/mol. The summed E-state index contributed by atoms with van der Waals surface area (Å²) in [7, 11) is -2.42. The number of nitrogens with zero attached hydrogens (tertiary/aromatic N) is 1. The molecule has 2 rings (SSSR count). The van der Waals surface area contributed by atoms with Gasteiger partial charge in [-0.05, 0) is 56.4 Å². The molecule has 0 atom stereocenters. The van der Waals surface area contributed by atoms with E-state index in [4.69, 9.17) is 10.5 Å². The average Bonchev–Trinajstić information content (AvgIpc) is 2.64. The molecule has 0 unspecified atom stereocenters. The Balaban J connectivity index is 1.91. The number of halogens is 3. The molecule has 0 spiro atoms. The molecule has 1 aliphatic rings. The molecule has 1 amide bonds. The molecule has 0 heterocycles. The molecular formula is C18H25F3N2O4S. The van der Waals surface area contributed by atoms with Gasteiger partial charge in [-0.3, -0.25) is 4.79 Å². The van der Waals surface area contributed by atoms with Gasteiger partial charge in [-0.1, -0.05) is 0 Å². The first-order valence-corrected chi connectivity index (χ1v) is 10.5. The van der Waals surface area contributed by atoms with Crippen LogP contribution in [0.2, 0.25) is 0 Å².